The summed E-state index contributed by atoms with van der Waals surface area (Å²) in [5.41, 5.74) is 2.55. The zero-order valence-corrected chi connectivity index (χ0v) is 18.8. The van der Waals surface area contributed by atoms with E-state index in [2.05, 4.69) is 4.90 Å². The normalized spacial score (nSPS) is 14.4. The summed E-state index contributed by atoms with van der Waals surface area (Å²) in [6.07, 6.45) is 0. The highest BCUT2D eigenvalue weighted by Gasteiger charge is 2.24. The van der Waals surface area contributed by atoms with Crippen LogP contribution in [0.15, 0.2) is 52.9 Å². The number of aromatic nitrogens is 1. The zero-order chi connectivity index (χ0) is 22.5. The Morgan fingerprint density at radius 2 is 1.66 bits per heavy atom. The van der Waals surface area contributed by atoms with Crippen LogP contribution in [0.5, 0.6) is 11.5 Å². The van der Waals surface area contributed by atoms with E-state index < -0.39 is 0 Å². The number of ether oxygens (including phenoxy) is 2. The van der Waals surface area contributed by atoms with Crippen molar-refractivity contribution in [1.29, 1.82) is 0 Å². The Kier molecular flexibility index (Phi) is 6.75. The van der Waals surface area contributed by atoms with Crippen molar-refractivity contribution >= 4 is 5.91 Å². The van der Waals surface area contributed by atoms with Crippen molar-refractivity contribution in [2.45, 2.75) is 20.4 Å². The van der Waals surface area contributed by atoms with Crippen molar-refractivity contribution in [2.24, 2.45) is 0 Å². The molecule has 7 nitrogen and oxygen atoms in total. The smallest absolute Gasteiger partial charge is 0.253 e. The van der Waals surface area contributed by atoms with Crippen molar-refractivity contribution in [2.75, 3.05) is 39.9 Å². The first-order chi connectivity index (χ1) is 15.6. The number of hydrogen-bond acceptors (Lipinski definition) is 6. The molecule has 1 aliphatic heterocycles. The van der Waals surface area contributed by atoms with Gasteiger partial charge in [0.25, 0.3) is 5.91 Å². The van der Waals surface area contributed by atoms with Gasteiger partial charge in [-0.1, -0.05) is 0 Å². The van der Waals surface area contributed by atoms with Gasteiger partial charge in [0.1, 0.15) is 17.3 Å². The molecule has 0 unspecified atom stereocenters. The molecule has 0 saturated carbocycles. The second-order valence-electron chi connectivity index (χ2n) is 7.78. The zero-order valence-electron chi connectivity index (χ0n) is 18.8. The fraction of sp³-hybridized carbons (Fsp3) is 0.360. The first-order valence-electron chi connectivity index (χ1n) is 10.9. The Labute approximate surface area is 188 Å². The van der Waals surface area contributed by atoms with E-state index >= 15 is 0 Å². The third-order valence-electron chi connectivity index (χ3n) is 5.67. The molecule has 0 N–H and O–H groups in total. The van der Waals surface area contributed by atoms with E-state index in [0.29, 0.717) is 37.7 Å². The molecule has 2 heterocycles. The summed E-state index contributed by atoms with van der Waals surface area (Å²) in [4.78, 5) is 21.8. The van der Waals surface area contributed by atoms with Gasteiger partial charge in [-0.15, -0.1) is 0 Å². The Hall–Kier alpha value is -3.32. The average molecular weight is 436 g/mol. The summed E-state index contributed by atoms with van der Waals surface area (Å²) in [6.45, 7) is 8.18. The van der Waals surface area contributed by atoms with E-state index in [-0.39, 0.29) is 5.91 Å². The number of aryl methyl sites for hydroxylation is 1. The van der Waals surface area contributed by atoms with Gasteiger partial charge in [0.15, 0.2) is 0 Å². The van der Waals surface area contributed by atoms with Crippen LogP contribution in [0.2, 0.25) is 0 Å². The van der Waals surface area contributed by atoms with Gasteiger partial charge in [0, 0.05) is 43.9 Å². The molecule has 0 radical (unpaired) electrons. The molecule has 7 heteroatoms. The maximum absolute atomic E-state index is 12.8. The van der Waals surface area contributed by atoms with Gasteiger partial charge in [0.05, 0.1) is 19.4 Å². The lowest BCUT2D eigenvalue weighted by molar-refractivity contribution is 0.0626. The van der Waals surface area contributed by atoms with Crippen LogP contribution in [0.1, 0.15) is 28.7 Å². The van der Waals surface area contributed by atoms with Gasteiger partial charge < -0.3 is 18.8 Å². The number of carbonyl (C=O) groups excluding carboxylic acids is 1. The lowest BCUT2D eigenvalue weighted by Crippen LogP contribution is -2.48. The molecule has 1 aliphatic rings. The summed E-state index contributed by atoms with van der Waals surface area (Å²) in [5.74, 6) is 3.08. The number of amides is 1. The molecule has 32 heavy (non-hydrogen) atoms. The van der Waals surface area contributed by atoms with E-state index in [1.807, 2.05) is 67.3 Å². The third-order valence-corrected chi connectivity index (χ3v) is 5.67. The van der Waals surface area contributed by atoms with Crippen LogP contribution in [-0.4, -0.2) is 60.6 Å². The minimum absolute atomic E-state index is 0.0621. The highest BCUT2D eigenvalue weighted by atomic mass is 16.5. The van der Waals surface area contributed by atoms with Crippen molar-refractivity contribution < 1.29 is 18.7 Å². The standard InChI is InChI=1S/C25H29N3O4/c1-4-31-22-11-7-20(8-12-22)25(29)28-15-13-27(14-16-28)17-23-18(2)32-24(26-23)19-5-9-21(30-3)10-6-19/h5-12H,4,13-17H2,1-3H3. The molecule has 1 amide bonds. The second kappa shape index (κ2) is 9.87. The number of methoxy groups -OCH3 is 1. The van der Waals surface area contributed by atoms with E-state index in [4.69, 9.17) is 18.9 Å². The molecule has 0 aliphatic carbocycles. The van der Waals surface area contributed by atoms with Crippen molar-refractivity contribution in [3.63, 3.8) is 0 Å². The van der Waals surface area contributed by atoms with E-state index in [1.54, 1.807) is 7.11 Å². The van der Waals surface area contributed by atoms with Crippen LogP contribution < -0.4 is 9.47 Å². The molecule has 1 aromatic heterocycles. The minimum Gasteiger partial charge on any atom is -0.497 e. The average Bonchev–Trinajstić information content (AvgIpc) is 3.20. The van der Waals surface area contributed by atoms with Crippen LogP contribution in [0, 0.1) is 6.92 Å². The molecule has 1 saturated heterocycles. The van der Waals surface area contributed by atoms with E-state index in [0.717, 1.165) is 41.6 Å². The van der Waals surface area contributed by atoms with Gasteiger partial charge in [-0.3, -0.25) is 9.69 Å². The van der Waals surface area contributed by atoms with Gasteiger partial charge in [-0.05, 0) is 62.4 Å². The van der Waals surface area contributed by atoms with Gasteiger partial charge in [-0.25, -0.2) is 4.98 Å². The maximum Gasteiger partial charge on any atom is 0.253 e. The lowest BCUT2D eigenvalue weighted by Gasteiger charge is -2.34. The summed E-state index contributed by atoms with van der Waals surface area (Å²) in [5, 5.41) is 0. The summed E-state index contributed by atoms with van der Waals surface area (Å²) in [7, 11) is 1.65. The summed E-state index contributed by atoms with van der Waals surface area (Å²) in [6, 6.07) is 15.0. The number of benzene rings is 2. The molecule has 0 spiro atoms. The molecule has 3 aromatic rings. The molecular formula is C25H29N3O4. The van der Waals surface area contributed by atoms with Crippen LogP contribution in [0.25, 0.3) is 11.5 Å². The van der Waals surface area contributed by atoms with Gasteiger partial charge >= 0.3 is 0 Å². The van der Waals surface area contributed by atoms with Crippen LogP contribution in [0.4, 0.5) is 0 Å². The number of oxazole rings is 1. The Morgan fingerprint density at radius 3 is 2.28 bits per heavy atom. The van der Waals surface area contributed by atoms with Crippen molar-refractivity contribution in [3.8, 4) is 23.0 Å². The van der Waals surface area contributed by atoms with Crippen molar-refractivity contribution in [3.05, 3.63) is 65.5 Å². The number of piperazine rings is 1. The first-order valence-corrected chi connectivity index (χ1v) is 10.9. The molecule has 0 atom stereocenters. The number of carbonyl (C=O) groups is 1. The first kappa shape index (κ1) is 21.9. The van der Waals surface area contributed by atoms with E-state index in [9.17, 15) is 4.79 Å². The van der Waals surface area contributed by atoms with Gasteiger partial charge in [-0.2, -0.15) is 0 Å². The monoisotopic (exact) mass is 435 g/mol. The molecule has 1 fully saturated rings. The quantitative estimate of drug-likeness (QED) is 0.559. The SMILES string of the molecule is CCOc1ccc(C(=O)N2CCN(Cc3nc(-c4ccc(OC)cc4)oc3C)CC2)cc1. The summed E-state index contributed by atoms with van der Waals surface area (Å²) < 4.78 is 16.6. The number of nitrogens with zero attached hydrogens (tertiary/aromatic N) is 3. The van der Waals surface area contributed by atoms with Crippen LogP contribution in [-0.2, 0) is 6.54 Å². The van der Waals surface area contributed by atoms with Crippen LogP contribution in [0.3, 0.4) is 0 Å². The fourth-order valence-corrected chi connectivity index (χ4v) is 3.80. The second-order valence-corrected chi connectivity index (χ2v) is 7.78. The number of rotatable bonds is 7. The Bertz CT molecular complexity index is 1040. The summed E-state index contributed by atoms with van der Waals surface area (Å²) >= 11 is 0. The third kappa shape index (κ3) is 4.94. The Balaban J connectivity index is 1.33. The highest BCUT2D eigenvalue weighted by molar-refractivity contribution is 5.94. The van der Waals surface area contributed by atoms with Crippen LogP contribution >= 0.6 is 0 Å². The molecule has 0 bridgehead atoms. The molecule has 2 aromatic carbocycles. The van der Waals surface area contributed by atoms with Gasteiger partial charge in [0.2, 0.25) is 5.89 Å². The van der Waals surface area contributed by atoms with Crippen molar-refractivity contribution in [1.82, 2.24) is 14.8 Å². The fourth-order valence-electron chi connectivity index (χ4n) is 3.80. The topological polar surface area (TPSA) is 68.0 Å². The molecular weight excluding hydrogens is 406 g/mol. The largest absolute Gasteiger partial charge is 0.497 e. The number of hydrogen-bond donors (Lipinski definition) is 0. The Morgan fingerprint density at radius 1 is 1.00 bits per heavy atom. The van der Waals surface area contributed by atoms with E-state index in [1.165, 1.54) is 0 Å². The molecule has 168 valence electrons. The predicted octanol–water partition coefficient (Wildman–Crippen LogP) is 4.02. The molecule has 4 rings (SSSR count). The highest BCUT2D eigenvalue weighted by Crippen LogP contribution is 2.25. The minimum atomic E-state index is 0.0621. The lowest BCUT2D eigenvalue weighted by atomic mass is 10.1. The predicted molar refractivity (Wildman–Crippen MR) is 122 cm³/mol. The maximum atomic E-state index is 12.8.